The zero-order chi connectivity index (χ0) is 8.97. The van der Waals surface area contributed by atoms with Crippen molar-refractivity contribution >= 4 is 11.6 Å². The van der Waals surface area contributed by atoms with Crippen molar-refractivity contribution in [3.63, 3.8) is 0 Å². The van der Waals surface area contributed by atoms with Gasteiger partial charge in [-0.05, 0) is 6.42 Å². The maximum atomic E-state index is 11.7. The summed E-state index contributed by atoms with van der Waals surface area (Å²) in [6, 6.07) is 1.21. The number of aryl methyl sites for hydroxylation is 1. The molecule has 0 N–H and O–H groups in total. The Balaban J connectivity index is 2.80. The van der Waals surface area contributed by atoms with E-state index in [2.05, 4.69) is 4.98 Å². The topological polar surface area (TPSA) is 34.9 Å². The van der Waals surface area contributed by atoms with Crippen LogP contribution in [-0.2, 0) is 6.54 Å². The Labute approximate surface area is 73.8 Å². The molecule has 0 spiro atoms. The van der Waals surface area contributed by atoms with Crippen LogP contribution in [0.25, 0.3) is 0 Å². The van der Waals surface area contributed by atoms with Crippen molar-refractivity contribution in [1.29, 1.82) is 0 Å². The zero-order valence-corrected chi connectivity index (χ0v) is 7.09. The van der Waals surface area contributed by atoms with E-state index in [0.29, 0.717) is 13.0 Å². The molecule has 0 aliphatic rings. The first-order valence-corrected chi connectivity index (χ1v) is 3.90. The van der Waals surface area contributed by atoms with Crippen LogP contribution >= 0.6 is 11.6 Å². The molecule has 1 aromatic rings. The summed E-state index contributed by atoms with van der Waals surface area (Å²) in [4.78, 5) is 14.8. The molecule has 1 heterocycles. The van der Waals surface area contributed by atoms with Crippen LogP contribution in [0.3, 0.4) is 0 Å². The zero-order valence-electron chi connectivity index (χ0n) is 6.33. The van der Waals surface area contributed by atoms with Gasteiger partial charge in [-0.25, -0.2) is 4.98 Å². The van der Waals surface area contributed by atoms with Gasteiger partial charge in [0.25, 0.3) is 5.56 Å². The number of nitrogens with zero attached hydrogens (tertiary/aromatic N) is 2. The average Bonchev–Trinajstić information content (AvgIpc) is 2.03. The molecule has 0 bridgehead atoms. The first kappa shape index (κ1) is 9.19. The average molecular weight is 191 g/mol. The van der Waals surface area contributed by atoms with Gasteiger partial charge >= 0.3 is 0 Å². The molecule has 3 nitrogen and oxygen atoms in total. The van der Waals surface area contributed by atoms with E-state index in [1.165, 1.54) is 17.0 Å². The second-order valence-electron chi connectivity index (χ2n) is 2.29. The molecule has 0 atom stereocenters. The Bertz CT molecular complexity index is 313. The minimum atomic E-state index is -0.435. The summed E-state index contributed by atoms with van der Waals surface area (Å²) in [6.07, 6.45) is 1.64. The Morgan fingerprint density at radius 3 is 3.00 bits per heavy atom. The lowest BCUT2D eigenvalue weighted by molar-refractivity contribution is 0.442. The quantitative estimate of drug-likeness (QED) is 0.673. The van der Waals surface area contributed by atoms with Crippen LogP contribution in [0.15, 0.2) is 17.2 Å². The molecule has 0 fully saturated rings. The molecule has 0 aliphatic carbocycles. The van der Waals surface area contributed by atoms with Gasteiger partial charge in [-0.3, -0.25) is 13.8 Å². The fourth-order valence-corrected chi connectivity index (χ4v) is 0.939. The molecule has 0 radical (unpaired) electrons. The van der Waals surface area contributed by atoms with Gasteiger partial charge in [-0.1, -0.05) is 11.6 Å². The Morgan fingerprint density at radius 2 is 2.42 bits per heavy atom. The SMILES string of the molecule is O=c1cc(Cl)ncn1CCCF. The molecule has 1 rings (SSSR count). The normalized spacial score (nSPS) is 10.2. The highest BCUT2D eigenvalue weighted by molar-refractivity contribution is 6.29. The van der Waals surface area contributed by atoms with Gasteiger partial charge in [-0.2, -0.15) is 0 Å². The first-order chi connectivity index (χ1) is 5.74. The summed E-state index contributed by atoms with van der Waals surface area (Å²) in [5.41, 5.74) is -0.247. The Kier molecular flexibility index (Phi) is 3.22. The summed E-state index contributed by atoms with van der Waals surface area (Å²) in [5.74, 6) is 0. The van der Waals surface area contributed by atoms with Crippen LogP contribution in [0, 0.1) is 0 Å². The Morgan fingerprint density at radius 1 is 1.67 bits per heavy atom. The van der Waals surface area contributed by atoms with Crippen LogP contribution in [0.5, 0.6) is 0 Å². The van der Waals surface area contributed by atoms with E-state index >= 15 is 0 Å². The third kappa shape index (κ3) is 2.30. The van der Waals surface area contributed by atoms with Gasteiger partial charge in [0.05, 0.1) is 13.0 Å². The van der Waals surface area contributed by atoms with E-state index in [1.807, 2.05) is 0 Å². The molecular weight excluding hydrogens is 183 g/mol. The molecule has 66 valence electrons. The molecular formula is C7H8ClFN2O. The van der Waals surface area contributed by atoms with E-state index in [9.17, 15) is 9.18 Å². The largest absolute Gasteiger partial charge is 0.299 e. The highest BCUT2D eigenvalue weighted by Crippen LogP contribution is 1.96. The monoisotopic (exact) mass is 190 g/mol. The lowest BCUT2D eigenvalue weighted by atomic mass is 10.4. The van der Waals surface area contributed by atoms with Crippen molar-refractivity contribution in [3.8, 4) is 0 Å². The summed E-state index contributed by atoms with van der Waals surface area (Å²) in [7, 11) is 0. The van der Waals surface area contributed by atoms with Crippen molar-refractivity contribution in [3.05, 3.63) is 27.9 Å². The van der Waals surface area contributed by atoms with Crippen LogP contribution in [0.2, 0.25) is 5.15 Å². The van der Waals surface area contributed by atoms with Gasteiger partial charge in [0.2, 0.25) is 0 Å². The van der Waals surface area contributed by atoms with Crippen molar-refractivity contribution in [2.45, 2.75) is 13.0 Å². The predicted octanol–water partition coefficient (Wildman–Crippen LogP) is 1.26. The third-order valence-corrected chi connectivity index (χ3v) is 1.59. The molecule has 12 heavy (non-hydrogen) atoms. The summed E-state index contributed by atoms with van der Waals surface area (Å²) < 4.78 is 13.1. The minimum absolute atomic E-state index is 0.163. The second-order valence-corrected chi connectivity index (χ2v) is 2.67. The standard InChI is InChI=1S/C7H8ClFN2O/c8-6-4-7(12)11(5-10-6)3-1-2-9/h4-5H,1-3H2. The van der Waals surface area contributed by atoms with Crippen LogP contribution in [-0.4, -0.2) is 16.2 Å². The Hall–Kier alpha value is -0.900. The van der Waals surface area contributed by atoms with E-state index in [0.717, 1.165) is 0 Å². The van der Waals surface area contributed by atoms with E-state index in [4.69, 9.17) is 11.6 Å². The predicted molar refractivity (Wildman–Crippen MR) is 44.1 cm³/mol. The molecule has 0 saturated carbocycles. The van der Waals surface area contributed by atoms with E-state index in [1.54, 1.807) is 0 Å². The van der Waals surface area contributed by atoms with Crippen molar-refractivity contribution in [1.82, 2.24) is 9.55 Å². The van der Waals surface area contributed by atoms with Crippen molar-refractivity contribution in [2.24, 2.45) is 0 Å². The highest BCUT2D eigenvalue weighted by atomic mass is 35.5. The second kappa shape index (κ2) is 4.21. The van der Waals surface area contributed by atoms with Crippen LogP contribution < -0.4 is 5.56 Å². The fraction of sp³-hybridized carbons (Fsp3) is 0.429. The highest BCUT2D eigenvalue weighted by Gasteiger charge is 1.96. The maximum Gasteiger partial charge on any atom is 0.254 e. The first-order valence-electron chi connectivity index (χ1n) is 3.52. The summed E-state index contributed by atoms with van der Waals surface area (Å²) in [5, 5.41) is 0.163. The molecule has 0 unspecified atom stereocenters. The summed E-state index contributed by atoms with van der Waals surface area (Å²) >= 11 is 5.45. The van der Waals surface area contributed by atoms with Crippen LogP contribution in [0.1, 0.15) is 6.42 Å². The molecule has 0 saturated heterocycles. The molecule has 0 aromatic carbocycles. The van der Waals surface area contributed by atoms with Gasteiger partial charge in [0, 0.05) is 12.6 Å². The lowest BCUT2D eigenvalue weighted by Crippen LogP contribution is -2.19. The molecule has 1 aromatic heterocycles. The lowest BCUT2D eigenvalue weighted by Gasteiger charge is -2.01. The number of rotatable bonds is 3. The number of alkyl halides is 1. The molecule has 0 amide bonds. The number of aromatic nitrogens is 2. The smallest absolute Gasteiger partial charge is 0.254 e. The van der Waals surface area contributed by atoms with E-state index in [-0.39, 0.29) is 10.7 Å². The van der Waals surface area contributed by atoms with Gasteiger partial charge in [-0.15, -0.1) is 0 Å². The van der Waals surface area contributed by atoms with Gasteiger partial charge < -0.3 is 0 Å². The molecule has 5 heteroatoms. The minimum Gasteiger partial charge on any atom is -0.299 e. The summed E-state index contributed by atoms with van der Waals surface area (Å²) in [6.45, 7) is -0.0887. The number of halogens is 2. The number of hydrogen-bond acceptors (Lipinski definition) is 2. The van der Waals surface area contributed by atoms with Gasteiger partial charge in [0.15, 0.2) is 0 Å². The van der Waals surface area contributed by atoms with Crippen molar-refractivity contribution in [2.75, 3.05) is 6.67 Å². The molecule has 0 aliphatic heterocycles. The van der Waals surface area contributed by atoms with E-state index < -0.39 is 6.67 Å². The number of hydrogen-bond donors (Lipinski definition) is 0. The maximum absolute atomic E-state index is 11.7. The fourth-order valence-electron chi connectivity index (χ4n) is 0.802. The van der Waals surface area contributed by atoms with Crippen molar-refractivity contribution < 1.29 is 4.39 Å². The van der Waals surface area contributed by atoms with Gasteiger partial charge in [0.1, 0.15) is 5.15 Å². The third-order valence-electron chi connectivity index (χ3n) is 1.38. The van der Waals surface area contributed by atoms with Crippen LogP contribution in [0.4, 0.5) is 4.39 Å².